The van der Waals surface area contributed by atoms with Crippen LogP contribution in [-0.2, 0) is 6.42 Å². The van der Waals surface area contributed by atoms with Crippen LogP contribution in [0.15, 0.2) is 10.5 Å². The quantitative estimate of drug-likeness (QED) is 0.919. The van der Waals surface area contributed by atoms with E-state index in [1.807, 2.05) is 0 Å². The lowest BCUT2D eigenvalue weighted by Crippen LogP contribution is -2.31. The molecule has 0 saturated carbocycles. The molecule has 1 N–H and O–H groups in total. The maximum absolute atomic E-state index is 13.9. The fraction of sp³-hybridized carbons (Fsp3) is 0.571. The first-order valence-corrected chi connectivity index (χ1v) is 7.26. The SMILES string of the molecule is COc1cc(F)c(Br)c(CC2CCCNC2)c1OC. The molecule has 5 heteroatoms. The zero-order valence-corrected chi connectivity index (χ0v) is 12.8. The summed E-state index contributed by atoms with van der Waals surface area (Å²) in [5.41, 5.74) is 0.855. The van der Waals surface area contributed by atoms with Gasteiger partial charge in [-0.05, 0) is 54.2 Å². The molecule has 1 saturated heterocycles. The predicted molar refractivity (Wildman–Crippen MR) is 76.5 cm³/mol. The van der Waals surface area contributed by atoms with Gasteiger partial charge in [-0.2, -0.15) is 0 Å². The van der Waals surface area contributed by atoms with Gasteiger partial charge in [0.2, 0.25) is 0 Å². The third-order valence-electron chi connectivity index (χ3n) is 3.55. The molecule has 2 rings (SSSR count). The molecule has 1 aromatic rings. The molecule has 1 fully saturated rings. The van der Waals surface area contributed by atoms with E-state index in [2.05, 4.69) is 21.2 Å². The summed E-state index contributed by atoms with van der Waals surface area (Å²) in [7, 11) is 3.11. The van der Waals surface area contributed by atoms with Crippen LogP contribution in [0.25, 0.3) is 0 Å². The number of methoxy groups -OCH3 is 2. The summed E-state index contributed by atoms with van der Waals surface area (Å²) >= 11 is 3.33. The van der Waals surface area contributed by atoms with E-state index in [4.69, 9.17) is 9.47 Å². The topological polar surface area (TPSA) is 30.5 Å². The number of ether oxygens (including phenoxy) is 2. The van der Waals surface area contributed by atoms with Crippen LogP contribution in [0.5, 0.6) is 11.5 Å². The summed E-state index contributed by atoms with van der Waals surface area (Å²) in [6.45, 7) is 2.04. The van der Waals surface area contributed by atoms with Crippen molar-refractivity contribution in [2.75, 3.05) is 27.3 Å². The van der Waals surface area contributed by atoms with Crippen LogP contribution in [0.3, 0.4) is 0 Å². The second kappa shape index (κ2) is 6.57. The van der Waals surface area contributed by atoms with Gasteiger partial charge in [0.15, 0.2) is 11.5 Å². The molecule has 1 atom stereocenters. The van der Waals surface area contributed by atoms with Gasteiger partial charge in [-0.3, -0.25) is 0 Å². The minimum atomic E-state index is -0.309. The molecule has 0 bridgehead atoms. The van der Waals surface area contributed by atoms with Gasteiger partial charge in [0.05, 0.1) is 18.7 Å². The second-order valence-electron chi connectivity index (χ2n) is 4.80. The summed E-state index contributed by atoms with van der Waals surface area (Å²) in [6.07, 6.45) is 3.10. The summed E-state index contributed by atoms with van der Waals surface area (Å²) in [5, 5.41) is 3.37. The van der Waals surface area contributed by atoms with E-state index in [1.54, 1.807) is 7.11 Å². The Balaban J connectivity index is 2.33. The Kier molecular flexibility index (Phi) is 5.05. The van der Waals surface area contributed by atoms with Crippen molar-refractivity contribution < 1.29 is 13.9 Å². The van der Waals surface area contributed by atoms with Crippen molar-refractivity contribution in [3.8, 4) is 11.5 Å². The van der Waals surface area contributed by atoms with Crippen molar-refractivity contribution >= 4 is 15.9 Å². The maximum Gasteiger partial charge on any atom is 0.165 e. The minimum absolute atomic E-state index is 0.309. The second-order valence-corrected chi connectivity index (χ2v) is 5.60. The van der Waals surface area contributed by atoms with Crippen LogP contribution < -0.4 is 14.8 Å². The predicted octanol–water partition coefficient (Wildman–Crippen LogP) is 3.15. The Hall–Kier alpha value is -0.810. The normalized spacial score (nSPS) is 19.3. The van der Waals surface area contributed by atoms with E-state index in [9.17, 15) is 4.39 Å². The Labute approximate surface area is 121 Å². The lowest BCUT2D eigenvalue weighted by atomic mass is 9.91. The monoisotopic (exact) mass is 331 g/mol. The molecule has 0 aliphatic carbocycles. The average molecular weight is 332 g/mol. The van der Waals surface area contributed by atoms with Crippen LogP contribution in [0, 0.1) is 11.7 Å². The zero-order valence-electron chi connectivity index (χ0n) is 11.3. The number of halogens is 2. The Morgan fingerprint density at radius 3 is 2.79 bits per heavy atom. The van der Waals surface area contributed by atoms with E-state index in [0.717, 1.165) is 37.9 Å². The summed E-state index contributed by atoms with van der Waals surface area (Å²) in [6, 6.07) is 1.35. The van der Waals surface area contributed by atoms with Gasteiger partial charge in [0.25, 0.3) is 0 Å². The third-order valence-corrected chi connectivity index (χ3v) is 4.40. The highest BCUT2D eigenvalue weighted by Crippen LogP contribution is 2.39. The molecule has 19 heavy (non-hydrogen) atoms. The van der Waals surface area contributed by atoms with Crippen LogP contribution in [-0.4, -0.2) is 27.3 Å². The largest absolute Gasteiger partial charge is 0.493 e. The van der Waals surface area contributed by atoms with Crippen LogP contribution in [0.1, 0.15) is 18.4 Å². The van der Waals surface area contributed by atoms with Gasteiger partial charge in [-0.25, -0.2) is 4.39 Å². The van der Waals surface area contributed by atoms with Crippen molar-refractivity contribution in [3.63, 3.8) is 0 Å². The molecular weight excluding hydrogens is 313 g/mol. The molecule has 1 aromatic carbocycles. The summed E-state index contributed by atoms with van der Waals surface area (Å²) in [4.78, 5) is 0. The highest BCUT2D eigenvalue weighted by molar-refractivity contribution is 9.10. The highest BCUT2D eigenvalue weighted by Gasteiger charge is 2.22. The Bertz CT molecular complexity index is 448. The number of piperidine rings is 1. The van der Waals surface area contributed by atoms with E-state index < -0.39 is 0 Å². The Morgan fingerprint density at radius 1 is 1.42 bits per heavy atom. The Morgan fingerprint density at radius 2 is 2.21 bits per heavy atom. The molecule has 0 amide bonds. The smallest absolute Gasteiger partial charge is 0.165 e. The van der Waals surface area contributed by atoms with Crippen molar-refractivity contribution in [1.82, 2.24) is 5.32 Å². The molecule has 1 heterocycles. The van der Waals surface area contributed by atoms with Crippen LogP contribution >= 0.6 is 15.9 Å². The summed E-state index contributed by atoms with van der Waals surface area (Å²) in [5.74, 6) is 1.27. The first kappa shape index (κ1) is 14.6. The van der Waals surface area contributed by atoms with E-state index in [-0.39, 0.29) is 5.82 Å². The average Bonchev–Trinajstić information content (AvgIpc) is 2.44. The fourth-order valence-corrected chi connectivity index (χ4v) is 3.04. The number of hydrogen-bond acceptors (Lipinski definition) is 3. The van der Waals surface area contributed by atoms with E-state index in [1.165, 1.54) is 13.2 Å². The standard InChI is InChI=1S/C14H19BrFNO2/c1-18-12-7-11(16)13(15)10(14(12)19-2)6-9-4-3-5-17-8-9/h7,9,17H,3-6,8H2,1-2H3. The lowest BCUT2D eigenvalue weighted by Gasteiger charge is -2.24. The van der Waals surface area contributed by atoms with Gasteiger partial charge in [0.1, 0.15) is 5.82 Å². The molecule has 0 radical (unpaired) electrons. The molecule has 1 aliphatic heterocycles. The number of hydrogen-bond donors (Lipinski definition) is 1. The van der Waals surface area contributed by atoms with Gasteiger partial charge in [-0.15, -0.1) is 0 Å². The van der Waals surface area contributed by atoms with Gasteiger partial charge >= 0.3 is 0 Å². The van der Waals surface area contributed by atoms with Crippen molar-refractivity contribution in [2.45, 2.75) is 19.3 Å². The van der Waals surface area contributed by atoms with E-state index in [0.29, 0.717) is 21.9 Å². The molecule has 1 unspecified atom stereocenters. The molecule has 0 spiro atoms. The van der Waals surface area contributed by atoms with Gasteiger partial charge in [0, 0.05) is 11.6 Å². The highest BCUT2D eigenvalue weighted by atomic mass is 79.9. The van der Waals surface area contributed by atoms with E-state index >= 15 is 0 Å². The molecule has 0 aromatic heterocycles. The molecular formula is C14H19BrFNO2. The molecule has 3 nitrogen and oxygen atoms in total. The van der Waals surface area contributed by atoms with Crippen LogP contribution in [0.2, 0.25) is 0 Å². The zero-order chi connectivity index (χ0) is 13.8. The number of benzene rings is 1. The van der Waals surface area contributed by atoms with Crippen molar-refractivity contribution in [1.29, 1.82) is 0 Å². The van der Waals surface area contributed by atoms with Crippen molar-refractivity contribution in [3.05, 3.63) is 21.9 Å². The van der Waals surface area contributed by atoms with Gasteiger partial charge < -0.3 is 14.8 Å². The number of rotatable bonds is 4. The fourth-order valence-electron chi connectivity index (χ4n) is 2.58. The van der Waals surface area contributed by atoms with Crippen molar-refractivity contribution in [2.24, 2.45) is 5.92 Å². The number of nitrogens with one attached hydrogen (secondary N) is 1. The maximum atomic E-state index is 13.9. The third kappa shape index (κ3) is 3.20. The first-order chi connectivity index (χ1) is 9.17. The molecule has 106 valence electrons. The lowest BCUT2D eigenvalue weighted by molar-refractivity contribution is 0.337. The minimum Gasteiger partial charge on any atom is -0.493 e. The first-order valence-electron chi connectivity index (χ1n) is 6.47. The van der Waals surface area contributed by atoms with Crippen LogP contribution in [0.4, 0.5) is 4.39 Å². The summed E-state index contributed by atoms with van der Waals surface area (Å²) < 4.78 is 25.0. The molecule has 1 aliphatic rings. The van der Waals surface area contributed by atoms with Gasteiger partial charge in [-0.1, -0.05) is 0 Å².